The molecule has 9 heteroatoms. The van der Waals surface area contributed by atoms with Gasteiger partial charge in [-0.1, -0.05) is 36.4 Å². The Hall–Kier alpha value is -4.27. The summed E-state index contributed by atoms with van der Waals surface area (Å²) in [5.74, 6) is -0.951. The number of carbonyl (C=O) groups excluding carboxylic acids is 2. The Kier molecular flexibility index (Phi) is 6.03. The molecule has 0 bridgehead atoms. The van der Waals surface area contributed by atoms with E-state index in [1.54, 1.807) is 24.4 Å². The Balaban J connectivity index is 1.84. The maximum absolute atomic E-state index is 13.2. The number of hydrogen-bond acceptors (Lipinski definition) is 6. The van der Waals surface area contributed by atoms with Gasteiger partial charge in [0.05, 0.1) is 23.5 Å². The van der Waals surface area contributed by atoms with Crippen molar-refractivity contribution in [2.75, 3.05) is 6.61 Å². The Bertz CT molecular complexity index is 1470. The molecule has 0 fully saturated rings. The number of carbonyl (C=O) groups is 2. The van der Waals surface area contributed by atoms with Gasteiger partial charge in [0.25, 0.3) is 11.5 Å². The highest BCUT2D eigenvalue weighted by atomic mass is 16.5. The first kappa shape index (κ1) is 21.9. The highest BCUT2D eigenvalue weighted by Gasteiger charge is 2.19. The van der Waals surface area contributed by atoms with Crippen LogP contribution in [-0.2, 0) is 16.1 Å². The van der Waals surface area contributed by atoms with E-state index in [1.807, 2.05) is 37.3 Å². The van der Waals surface area contributed by atoms with E-state index in [-0.39, 0.29) is 46.8 Å². The minimum absolute atomic E-state index is 0.0255. The molecule has 4 aromatic rings. The summed E-state index contributed by atoms with van der Waals surface area (Å²) >= 11 is 0. The van der Waals surface area contributed by atoms with Gasteiger partial charge in [0.1, 0.15) is 23.4 Å². The molecule has 9 nitrogen and oxygen atoms in total. The minimum atomic E-state index is -0.489. The molecule has 1 amide bonds. The molecule has 2 N–H and O–H groups in total. The Labute approximate surface area is 188 Å². The fraction of sp³-hybridized carbons (Fsp3) is 0.208. The van der Waals surface area contributed by atoms with Gasteiger partial charge >= 0.3 is 5.97 Å². The second-order valence-electron chi connectivity index (χ2n) is 7.59. The highest BCUT2D eigenvalue weighted by molar-refractivity contribution is 5.97. The largest absolute Gasteiger partial charge is 0.464 e. The quantitative estimate of drug-likeness (QED) is 0.348. The van der Waals surface area contributed by atoms with Crippen molar-refractivity contribution in [3.63, 3.8) is 0 Å². The zero-order valence-corrected chi connectivity index (χ0v) is 18.2. The lowest BCUT2D eigenvalue weighted by molar-refractivity contribution is -0.141. The second-order valence-corrected chi connectivity index (χ2v) is 7.59. The Morgan fingerprint density at radius 3 is 2.61 bits per heavy atom. The maximum Gasteiger partial charge on any atom is 0.302 e. The van der Waals surface area contributed by atoms with E-state index in [0.717, 1.165) is 5.56 Å². The first-order valence-corrected chi connectivity index (χ1v) is 10.5. The molecular formula is C24H23N5O4. The Morgan fingerprint density at radius 2 is 1.88 bits per heavy atom. The molecule has 3 aromatic heterocycles. The molecule has 0 aliphatic heterocycles. The smallest absolute Gasteiger partial charge is 0.302 e. The molecule has 0 radical (unpaired) electrons. The standard InChI is InChI=1S/C24H23N5O4/c1-15(17-8-4-3-5-9-17)26-23(31)18-14-19-22(29(21(18)25)12-13-33-16(2)30)27-20-10-6-7-11-28(20)24(19)32/h3-11,14-15,25H,12-13H2,1-2H3,(H,26,31). The third kappa shape index (κ3) is 4.38. The normalized spacial score (nSPS) is 11.9. The van der Waals surface area contributed by atoms with Crippen molar-refractivity contribution in [1.82, 2.24) is 19.3 Å². The molecule has 0 spiro atoms. The number of benzene rings is 1. The summed E-state index contributed by atoms with van der Waals surface area (Å²) in [5, 5.41) is 11.8. The number of hydrogen-bond donors (Lipinski definition) is 2. The van der Waals surface area contributed by atoms with Crippen LogP contribution in [0.5, 0.6) is 0 Å². The molecule has 0 aliphatic carbocycles. The average Bonchev–Trinajstić information content (AvgIpc) is 2.81. The molecule has 4 rings (SSSR count). The van der Waals surface area contributed by atoms with Gasteiger partial charge in [0.15, 0.2) is 0 Å². The van der Waals surface area contributed by atoms with Crippen LogP contribution in [0.4, 0.5) is 0 Å². The zero-order chi connectivity index (χ0) is 23.5. The van der Waals surface area contributed by atoms with Gasteiger partial charge in [-0.15, -0.1) is 0 Å². The van der Waals surface area contributed by atoms with Crippen LogP contribution in [0.2, 0.25) is 0 Å². The number of ether oxygens (including phenoxy) is 1. The number of esters is 1. The van der Waals surface area contributed by atoms with Crippen LogP contribution in [0.3, 0.4) is 0 Å². The molecule has 33 heavy (non-hydrogen) atoms. The van der Waals surface area contributed by atoms with Crippen molar-refractivity contribution in [2.45, 2.75) is 26.4 Å². The van der Waals surface area contributed by atoms with Crippen molar-refractivity contribution in [3.05, 3.63) is 87.8 Å². The fourth-order valence-electron chi connectivity index (χ4n) is 3.66. The van der Waals surface area contributed by atoms with E-state index in [2.05, 4.69) is 10.3 Å². The second kappa shape index (κ2) is 9.07. The molecule has 0 aliphatic rings. The van der Waals surface area contributed by atoms with Crippen LogP contribution in [-0.4, -0.2) is 32.4 Å². The van der Waals surface area contributed by atoms with E-state index in [0.29, 0.717) is 5.65 Å². The first-order valence-electron chi connectivity index (χ1n) is 10.5. The number of pyridine rings is 2. The van der Waals surface area contributed by atoms with Gasteiger partial charge in [0, 0.05) is 13.1 Å². The SMILES string of the molecule is CC(=O)OCCn1c(=N)c(C(=O)NC(C)c2ccccc2)cc2c(=O)n3ccccc3nc21. The van der Waals surface area contributed by atoms with Crippen LogP contribution < -0.4 is 16.4 Å². The first-order chi connectivity index (χ1) is 15.9. The predicted octanol–water partition coefficient (Wildman–Crippen LogP) is 2.18. The van der Waals surface area contributed by atoms with Gasteiger partial charge < -0.3 is 14.6 Å². The fourth-order valence-corrected chi connectivity index (χ4v) is 3.66. The molecule has 168 valence electrons. The summed E-state index contributed by atoms with van der Waals surface area (Å²) in [5.41, 5.74) is 1.11. The Morgan fingerprint density at radius 1 is 1.15 bits per heavy atom. The monoisotopic (exact) mass is 445 g/mol. The average molecular weight is 445 g/mol. The number of nitrogens with zero attached hydrogens (tertiary/aromatic N) is 3. The molecule has 0 saturated carbocycles. The summed E-state index contributed by atoms with van der Waals surface area (Å²) in [6, 6.07) is 15.7. The van der Waals surface area contributed by atoms with E-state index in [9.17, 15) is 14.4 Å². The van der Waals surface area contributed by atoms with Gasteiger partial charge in [0.2, 0.25) is 0 Å². The number of aromatic nitrogens is 3. The van der Waals surface area contributed by atoms with Crippen molar-refractivity contribution in [2.24, 2.45) is 0 Å². The van der Waals surface area contributed by atoms with Crippen LogP contribution in [0.15, 0.2) is 65.6 Å². The van der Waals surface area contributed by atoms with Crippen molar-refractivity contribution in [1.29, 1.82) is 5.41 Å². The lowest BCUT2D eigenvalue weighted by Gasteiger charge is -2.17. The van der Waals surface area contributed by atoms with Crippen LogP contribution in [0.1, 0.15) is 35.8 Å². The maximum atomic E-state index is 13.2. The third-order valence-electron chi connectivity index (χ3n) is 5.33. The van der Waals surface area contributed by atoms with E-state index < -0.39 is 11.9 Å². The van der Waals surface area contributed by atoms with Crippen LogP contribution in [0, 0.1) is 5.41 Å². The number of amides is 1. The van der Waals surface area contributed by atoms with Crippen molar-refractivity contribution < 1.29 is 14.3 Å². The summed E-state index contributed by atoms with van der Waals surface area (Å²) in [7, 11) is 0. The number of nitrogens with one attached hydrogen (secondary N) is 2. The van der Waals surface area contributed by atoms with Gasteiger partial charge in [-0.05, 0) is 30.7 Å². The molecule has 0 saturated heterocycles. The summed E-state index contributed by atoms with van der Waals surface area (Å²) < 4.78 is 7.85. The molecule has 1 aromatic carbocycles. The summed E-state index contributed by atoms with van der Waals surface area (Å²) in [6.07, 6.45) is 1.60. The summed E-state index contributed by atoms with van der Waals surface area (Å²) in [6.45, 7) is 3.18. The number of fused-ring (bicyclic) bond motifs is 2. The van der Waals surface area contributed by atoms with Crippen molar-refractivity contribution in [3.8, 4) is 0 Å². The molecule has 1 unspecified atom stereocenters. The minimum Gasteiger partial charge on any atom is -0.464 e. The van der Waals surface area contributed by atoms with Crippen molar-refractivity contribution >= 4 is 28.6 Å². The van der Waals surface area contributed by atoms with Gasteiger partial charge in [-0.25, -0.2) is 4.98 Å². The topological polar surface area (TPSA) is 119 Å². The summed E-state index contributed by atoms with van der Waals surface area (Å²) in [4.78, 5) is 42.1. The highest BCUT2D eigenvalue weighted by Crippen LogP contribution is 2.14. The van der Waals surface area contributed by atoms with E-state index in [1.165, 1.54) is 22.0 Å². The number of rotatable bonds is 6. The lowest BCUT2D eigenvalue weighted by Crippen LogP contribution is -2.36. The molecule has 1 atom stereocenters. The lowest BCUT2D eigenvalue weighted by atomic mass is 10.1. The predicted molar refractivity (Wildman–Crippen MR) is 122 cm³/mol. The molecular weight excluding hydrogens is 422 g/mol. The van der Waals surface area contributed by atoms with Crippen LogP contribution >= 0.6 is 0 Å². The van der Waals surface area contributed by atoms with Gasteiger partial charge in [-0.3, -0.25) is 24.2 Å². The zero-order valence-electron chi connectivity index (χ0n) is 18.2. The van der Waals surface area contributed by atoms with E-state index in [4.69, 9.17) is 10.1 Å². The van der Waals surface area contributed by atoms with Crippen LogP contribution in [0.25, 0.3) is 16.7 Å². The van der Waals surface area contributed by atoms with Gasteiger partial charge in [-0.2, -0.15) is 0 Å². The molecule has 3 heterocycles. The third-order valence-corrected chi connectivity index (χ3v) is 5.33. The van der Waals surface area contributed by atoms with E-state index >= 15 is 0 Å².